The SMILES string of the molecule is Cc1ccc(O)c(-c2cc(-c3sccc3C)cc(NCCC3CCCN3C)n2)c1. The van der Waals surface area contributed by atoms with Crippen LogP contribution in [0.4, 0.5) is 5.82 Å². The van der Waals surface area contributed by atoms with Crippen molar-refractivity contribution >= 4 is 17.2 Å². The molecule has 2 N–H and O–H groups in total. The maximum absolute atomic E-state index is 10.4. The average Bonchev–Trinajstić information content (AvgIpc) is 3.31. The Kier molecular flexibility index (Phi) is 5.88. The molecule has 1 unspecified atom stereocenters. The van der Waals surface area contributed by atoms with E-state index in [-0.39, 0.29) is 5.75 Å². The van der Waals surface area contributed by atoms with Gasteiger partial charge in [0.05, 0.1) is 5.69 Å². The standard InChI is InChI=1S/C24H29N3OS/c1-16-6-7-22(28)20(13-16)21-14-18(24-17(2)9-12-29-24)15-23(26-21)25-10-8-19-5-4-11-27(19)3/h6-7,9,12-15,19,28H,4-5,8,10-11H2,1-3H3,(H,25,26). The van der Waals surface area contributed by atoms with Crippen LogP contribution in [0.25, 0.3) is 21.7 Å². The molecular weight excluding hydrogens is 378 g/mol. The molecule has 1 saturated heterocycles. The molecule has 0 radical (unpaired) electrons. The highest BCUT2D eigenvalue weighted by atomic mass is 32.1. The number of hydrogen-bond acceptors (Lipinski definition) is 5. The smallest absolute Gasteiger partial charge is 0.127 e. The van der Waals surface area contributed by atoms with Crippen molar-refractivity contribution in [3.8, 4) is 27.4 Å². The van der Waals surface area contributed by atoms with Gasteiger partial charge in [-0.1, -0.05) is 11.6 Å². The summed E-state index contributed by atoms with van der Waals surface area (Å²) < 4.78 is 0. The molecule has 0 bridgehead atoms. The molecule has 4 nitrogen and oxygen atoms in total. The summed E-state index contributed by atoms with van der Waals surface area (Å²) in [5, 5.41) is 16.1. The maximum Gasteiger partial charge on any atom is 0.127 e. The Morgan fingerprint density at radius 3 is 2.79 bits per heavy atom. The van der Waals surface area contributed by atoms with E-state index in [1.54, 1.807) is 17.4 Å². The first-order valence-electron chi connectivity index (χ1n) is 10.3. The number of aromatic nitrogens is 1. The molecule has 1 atom stereocenters. The molecule has 0 amide bonds. The van der Waals surface area contributed by atoms with Crippen molar-refractivity contribution in [3.63, 3.8) is 0 Å². The average molecular weight is 408 g/mol. The number of phenolic OH excluding ortho intramolecular Hbond substituents is 1. The zero-order chi connectivity index (χ0) is 20.4. The Balaban J connectivity index is 1.65. The fourth-order valence-electron chi connectivity index (χ4n) is 4.12. The van der Waals surface area contributed by atoms with Crippen LogP contribution in [-0.4, -0.2) is 41.2 Å². The van der Waals surface area contributed by atoms with Crippen LogP contribution in [-0.2, 0) is 0 Å². The van der Waals surface area contributed by atoms with E-state index < -0.39 is 0 Å². The highest BCUT2D eigenvalue weighted by Crippen LogP contribution is 2.36. The van der Waals surface area contributed by atoms with Crippen LogP contribution in [0.2, 0.25) is 0 Å². The number of nitrogens with one attached hydrogen (secondary N) is 1. The molecule has 3 heterocycles. The minimum atomic E-state index is 0.265. The van der Waals surface area contributed by atoms with E-state index in [0.717, 1.165) is 41.2 Å². The number of likely N-dealkylation sites (tertiary alicyclic amines) is 1. The number of aromatic hydroxyl groups is 1. The number of thiophene rings is 1. The number of anilines is 1. The molecule has 152 valence electrons. The van der Waals surface area contributed by atoms with E-state index in [2.05, 4.69) is 47.8 Å². The lowest BCUT2D eigenvalue weighted by atomic mass is 10.0. The lowest BCUT2D eigenvalue weighted by Crippen LogP contribution is -2.27. The maximum atomic E-state index is 10.4. The van der Waals surface area contributed by atoms with E-state index in [9.17, 15) is 5.11 Å². The van der Waals surface area contributed by atoms with Crippen molar-refractivity contribution in [1.82, 2.24) is 9.88 Å². The first-order chi connectivity index (χ1) is 14.0. The van der Waals surface area contributed by atoms with Gasteiger partial charge in [-0.2, -0.15) is 0 Å². The first-order valence-corrected chi connectivity index (χ1v) is 11.2. The lowest BCUT2D eigenvalue weighted by Gasteiger charge is -2.19. The molecule has 0 spiro atoms. The fraction of sp³-hybridized carbons (Fsp3) is 0.375. The van der Waals surface area contributed by atoms with Gasteiger partial charge in [0.2, 0.25) is 0 Å². The predicted molar refractivity (Wildman–Crippen MR) is 123 cm³/mol. The second-order valence-electron chi connectivity index (χ2n) is 8.07. The predicted octanol–water partition coefficient (Wildman–Crippen LogP) is 5.70. The first kappa shape index (κ1) is 19.9. The monoisotopic (exact) mass is 407 g/mol. The largest absolute Gasteiger partial charge is 0.507 e. The Morgan fingerprint density at radius 2 is 2.07 bits per heavy atom. The van der Waals surface area contributed by atoms with Crippen LogP contribution in [0.3, 0.4) is 0 Å². The molecule has 1 fully saturated rings. The Hall–Kier alpha value is -2.37. The van der Waals surface area contributed by atoms with Crippen molar-refractivity contribution < 1.29 is 5.11 Å². The molecule has 4 rings (SSSR count). The van der Waals surface area contributed by atoms with Gasteiger partial charge in [-0.05, 0) is 93.5 Å². The molecule has 2 aromatic heterocycles. The van der Waals surface area contributed by atoms with Gasteiger partial charge in [-0.15, -0.1) is 11.3 Å². The van der Waals surface area contributed by atoms with Crippen LogP contribution >= 0.6 is 11.3 Å². The highest BCUT2D eigenvalue weighted by molar-refractivity contribution is 7.13. The highest BCUT2D eigenvalue weighted by Gasteiger charge is 2.20. The van der Waals surface area contributed by atoms with Crippen molar-refractivity contribution in [3.05, 3.63) is 52.9 Å². The van der Waals surface area contributed by atoms with Crippen LogP contribution in [0.5, 0.6) is 5.75 Å². The second-order valence-corrected chi connectivity index (χ2v) is 8.99. The zero-order valence-corrected chi connectivity index (χ0v) is 18.2. The van der Waals surface area contributed by atoms with Gasteiger partial charge in [-0.25, -0.2) is 4.98 Å². The third-order valence-corrected chi connectivity index (χ3v) is 6.90. The van der Waals surface area contributed by atoms with E-state index in [4.69, 9.17) is 4.98 Å². The molecule has 29 heavy (non-hydrogen) atoms. The van der Waals surface area contributed by atoms with Crippen molar-refractivity contribution in [2.75, 3.05) is 25.5 Å². The summed E-state index contributed by atoms with van der Waals surface area (Å²) in [6.45, 7) is 6.27. The number of pyridine rings is 1. The molecule has 1 aliphatic heterocycles. The second kappa shape index (κ2) is 8.56. The van der Waals surface area contributed by atoms with Gasteiger partial charge < -0.3 is 15.3 Å². The normalized spacial score (nSPS) is 17.0. The Bertz CT molecular complexity index is 998. The molecule has 1 aromatic carbocycles. The van der Waals surface area contributed by atoms with Gasteiger partial charge >= 0.3 is 0 Å². The van der Waals surface area contributed by atoms with Gasteiger partial charge in [0.15, 0.2) is 0 Å². The number of nitrogens with zero attached hydrogens (tertiary/aromatic N) is 2. The van der Waals surface area contributed by atoms with Gasteiger partial charge in [0.1, 0.15) is 11.6 Å². The number of phenols is 1. The van der Waals surface area contributed by atoms with Crippen molar-refractivity contribution in [1.29, 1.82) is 0 Å². The van der Waals surface area contributed by atoms with Crippen molar-refractivity contribution in [2.45, 2.75) is 39.2 Å². The van der Waals surface area contributed by atoms with E-state index in [1.165, 1.54) is 29.8 Å². The van der Waals surface area contributed by atoms with E-state index >= 15 is 0 Å². The summed E-state index contributed by atoms with van der Waals surface area (Å²) >= 11 is 1.74. The molecule has 5 heteroatoms. The minimum absolute atomic E-state index is 0.265. The molecule has 3 aromatic rings. The summed E-state index contributed by atoms with van der Waals surface area (Å²) in [5.41, 5.74) is 5.09. The summed E-state index contributed by atoms with van der Waals surface area (Å²) in [6.07, 6.45) is 3.69. The minimum Gasteiger partial charge on any atom is -0.507 e. The van der Waals surface area contributed by atoms with Gasteiger partial charge in [0, 0.05) is 23.0 Å². The van der Waals surface area contributed by atoms with Crippen LogP contribution in [0, 0.1) is 13.8 Å². The summed E-state index contributed by atoms with van der Waals surface area (Å²) in [7, 11) is 2.22. The quantitative estimate of drug-likeness (QED) is 0.551. The molecule has 1 aliphatic rings. The summed E-state index contributed by atoms with van der Waals surface area (Å²) in [4.78, 5) is 8.55. The number of rotatable bonds is 6. The molecule has 0 saturated carbocycles. The lowest BCUT2D eigenvalue weighted by molar-refractivity contribution is 0.301. The zero-order valence-electron chi connectivity index (χ0n) is 17.4. The number of benzene rings is 1. The van der Waals surface area contributed by atoms with Gasteiger partial charge in [0.25, 0.3) is 0 Å². The van der Waals surface area contributed by atoms with Crippen molar-refractivity contribution in [2.24, 2.45) is 0 Å². The van der Waals surface area contributed by atoms with E-state index in [1.807, 2.05) is 19.1 Å². The Labute approximate surface area is 177 Å². The molecule has 0 aliphatic carbocycles. The van der Waals surface area contributed by atoms with Gasteiger partial charge in [-0.3, -0.25) is 0 Å². The van der Waals surface area contributed by atoms with Crippen LogP contribution < -0.4 is 5.32 Å². The third-order valence-electron chi connectivity index (χ3n) is 5.83. The molecular formula is C24H29N3OS. The Morgan fingerprint density at radius 1 is 1.21 bits per heavy atom. The summed E-state index contributed by atoms with van der Waals surface area (Å²) in [6, 6.07) is 12.7. The van der Waals surface area contributed by atoms with Crippen LogP contribution in [0.1, 0.15) is 30.4 Å². The van der Waals surface area contributed by atoms with E-state index in [0.29, 0.717) is 6.04 Å². The topological polar surface area (TPSA) is 48.4 Å². The fourth-order valence-corrected chi connectivity index (χ4v) is 5.04. The number of hydrogen-bond donors (Lipinski definition) is 2. The summed E-state index contributed by atoms with van der Waals surface area (Å²) in [5.74, 6) is 1.13. The number of aryl methyl sites for hydroxylation is 2. The third kappa shape index (κ3) is 4.46. The van der Waals surface area contributed by atoms with Crippen LogP contribution in [0.15, 0.2) is 41.8 Å².